The predicted octanol–water partition coefficient (Wildman–Crippen LogP) is 2.74. The molecule has 3 aromatic rings. The van der Waals surface area contributed by atoms with Gasteiger partial charge in [-0.05, 0) is 11.6 Å². The maximum absolute atomic E-state index is 5.85. The van der Waals surface area contributed by atoms with Crippen LogP contribution < -0.4 is 11.1 Å². The van der Waals surface area contributed by atoms with Crippen molar-refractivity contribution in [1.29, 1.82) is 0 Å². The Morgan fingerprint density at radius 1 is 1.00 bits per heavy atom. The number of hydrogen-bond acceptors (Lipinski definition) is 4. The molecule has 3 rings (SSSR count). The van der Waals surface area contributed by atoms with Gasteiger partial charge in [-0.3, -0.25) is 0 Å². The predicted molar refractivity (Wildman–Crippen MR) is 81.4 cm³/mol. The van der Waals surface area contributed by atoms with Crippen LogP contribution in [0.25, 0.3) is 10.9 Å². The lowest BCUT2D eigenvalue weighted by molar-refractivity contribution is 0.778. The van der Waals surface area contributed by atoms with Crippen LogP contribution >= 0.6 is 0 Å². The zero-order valence-electron chi connectivity index (χ0n) is 11.0. The van der Waals surface area contributed by atoms with Crippen molar-refractivity contribution in [3.8, 4) is 0 Å². The van der Waals surface area contributed by atoms with Crippen molar-refractivity contribution in [1.82, 2.24) is 9.97 Å². The fourth-order valence-corrected chi connectivity index (χ4v) is 2.16. The third-order valence-electron chi connectivity index (χ3n) is 3.23. The number of hydrogen-bond donors (Lipinski definition) is 2. The highest BCUT2D eigenvalue weighted by atomic mass is 15.1. The molecule has 0 spiro atoms. The summed E-state index contributed by atoms with van der Waals surface area (Å²) in [6.45, 7) is 0.486. The first-order valence-corrected chi connectivity index (χ1v) is 6.60. The summed E-state index contributed by atoms with van der Waals surface area (Å²) in [6.07, 6.45) is 1.82. The number of fused-ring (bicyclic) bond motifs is 1. The second-order valence-electron chi connectivity index (χ2n) is 4.60. The minimum Gasteiger partial charge on any atom is -0.346 e. The van der Waals surface area contributed by atoms with Crippen LogP contribution in [0.1, 0.15) is 11.6 Å². The van der Waals surface area contributed by atoms with Gasteiger partial charge in [0.2, 0.25) is 5.95 Å². The summed E-state index contributed by atoms with van der Waals surface area (Å²) in [5.74, 6) is 0.600. The lowest BCUT2D eigenvalue weighted by Gasteiger charge is -2.17. The molecule has 1 unspecified atom stereocenters. The van der Waals surface area contributed by atoms with E-state index in [-0.39, 0.29) is 6.04 Å². The lowest BCUT2D eigenvalue weighted by atomic mass is 10.1. The molecule has 20 heavy (non-hydrogen) atoms. The Morgan fingerprint density at radius 3 is 2.55 bits per heavy atom. The Kier molecular flexibility index (Phi) is 3.56. The van der Waals surface area contributed by atoms with Crippen molar-refractivity contribution in [3.63, 3.8) is 0 Å². The van der Waals surface area contributed by atoms with E-state index in [1.54, 1.807) is 0 Å². The number of nitrogens with one attached hydrogen (secondary N) is 1. The van der Waals surface area contributed by atoms with Crippen LogP contribution in [-0.4, -0.2) is 16.5 Å². The molecular weight excluding hydrogens is 248 g/mol. The van der Waals surface area contributed by atoms with E-state index in [1.165, 1.54) is 0 Å². The van der Waals surface area contributed by atoms with E-state index < -0.39 is 0 Å². The molecular formula is C16H16N4. The molecule has 1 aromatic heterocycles. The lowest BCUT2D eigenvalue weighted by Crippen LogP contribution is -2.21. The molecule has 0 saturated heterocycles. The fraction of sp³-hybridized carbons (Fsp3) is 0.125. The molecule has 0 bridgehead atoms. The summed E-state index contributed by atoms with van der Waals surface area (Å²) in [4.78, 5) is 8.85. The summed E-state index contributed by atoms with van der Waals surface area (Å²) in [7, 11) is 0. The number of anilines is 1. The highest BCUT2D eigenvalue weighted by Crippen LogP contribution is 2.18. The molecule has 0 amide bonds. The number of para-hydroxylation sites is 1. The highest BCUT2D eigenvalue weighted by Gasteiger charge is 2.10. The highest BCUT2D eigenvalue weighted by molar-refractivity contribution is 5.78. The summed E-state index contributed by atoms with van der Waals surface area (Å²) in [6, 6.07) is 18.0. The first kappa shape index (κ1) is 12.6. The Hall–Kier alpha value is -2.46. The molecule has 0 aliphatic carbocycles. The molecule has 0 aliphatic heterocycles. The van der Waals surface area contributed by atoms with E-state index in [2.05, 4.69) is 15.3 Å². The van der Waals surface area contributed by atoms with Gasteiger partial charge in [-0.15, -0.1) is 0 Å². The van der Waals surface area contributed by atoms with Crippen LogP contribution in [-0.2, 0) is 0 Å². The van der Waals surface area contributed by atoms with Gasteiger partial charge >= 0.3 is 0 Å². The standard InChI is InChI=1S/C16H16N4/c17-10-15(12-6-2-1-3-7-12)20-16-18-11-13-8-4-5-9-14(13)19-16/h1-9,11,15H,10,17H2,(H,18,19,20). The molecule has 0 aliphatic rings. The van der Waals surface area contributed by atoms with Gasteiger partial charge in [0.05, 0.1) is 11.6 Å². The van der Waals surface area contributed by atoms with Crippen LogP contribution in [0.4, 0.5) is 5.95 Å². The third-order valence-corrected chi connectivity index (χ3v) is 3.23. The van der Waals surface area contributed by atoms with E-state index in [9.17, 15) is 0 Å². The van der Waals surface area contributed by atoms with Crippen molar-refractivity contribution < 1.29 is 0 Å². The quantitative estimate of drug-likeness (QED) is 0.760. The average Bonchev–Trinajstić information content (AvgIpc) is 2.53. The van der Waals surface area contributed by atoms with Crippen molar-refractivity contribution in [3.05, 3.63) is 66.4 Å². The molecule has 0 saturated carbocycles. The van der Waals surface area contributed by atoms with Crippen molar-refractivity contribution >= 4 is 16.9 Å². The Bertz CT molecular complexity index is 697. The molecule has 4 nitrogen and oxygen atoms in total. The van der Waals surface area contributed by atoms with E-state index in [1.807, 2.05) is 60.8 Å². The molecule has 0 fully saturated rings. The Morgan fingerprint density at radius 2 is 1.75 bits per heavy atom. The zero-order valence-corrected chi connectivity index (χ0v) is 11.0. The molecule has 0 radical (unpaired) electrons. The second kappa shape index (κ2) is 5.67. The normalized spacial score (nSPS) is 12.2. The van der Waals surface area contributed by atoms with Gasteiger partial charge in [0.1, 0.15) is 0 Å². The number of rotatable bonds is 4. The molecule has 2 aromatic carbocycles. The average molecular weight is 264 g/mol. The van der Waals surface area contributed by atoms with Gasteiger partial charge in [-0.2, -0.15) is 0 Å². The Balaban J connectivity index is 1.87. The maximum atomic E-state index is 5.85. The number of nitrogens with two attached hydrogens (primary N) is 1. The third kappa shape index (κ3) is 2.60. The van der Waals surface area contributed by atoms with Gasteiger partial charge in [0.15, 0.2) is 0 Å². The van der Waals surface area contributed by atoms with Crippen molar-refractivity contribution in [2.24, 2.45) is 5.73 Å². The summed E-state index contributed by atoms with van der Waals surface area (Å²) in [5, 5.41) is 4.32. The minimum atomic E-state index is 0.0114. The number of aromatic nitrogens is 2. The van der Waals surface area contributed by atoms with Gasteiger partial charge in [-0.1, -0.05) is 48.5 Å². The molecule has 4 heteroatoms. The zero-order chi connectivity index (χ0) is 13.8. The van der Waals surface area contributed by atoms with E-state index in [4.69, 9.17) is 5.73 Å². The van der Waals surface area contributed by atoms with E-state index in [0.29, 0.717) is 12.5 Å². The molecule has 1 atom stereocenters. The first-order valence-electron chi connectivity index (χ1n) is 6.60. The van der Waals surface area contributed by atoms with Gasteiger partial charge in [0, 0.05) is 18.1 Å². The SMILES string of the molecule is NCC(Nc1ncc2ccccc2n1)c1ccccc1. The molecule has 1 heterocycles. The van der Waals surface area contributed by atoms with Gasteiger partial charge < -0.3 is 11.1 Å². The molecule has 3 N–H and O–H groups in total. The summed E-state index contributed by atoms with van der Waals surface area (Å²) in [5.41, 5.74) is 7.90. The van der Waals surface area contributed by atoms with Crippen molar-refractivity contribution in [2.75, 3.05) is 11.9 Å². The topological polar surface area (TPSA) is 63.8 Å². The summed E-state index contributed by atoms with van der Waals surface area (Å²) < 4.78 is 0. The monoisotopic (exact) mass is 264 g/mol. The minimum absolute atomic E-state index is 0.0114. The van der Waals surface area contributed by atoms with Crippen molar-refractivity contribution in [2.45, 2.75) is 6.04 Å². The van der Waals surface area contributed by atoms with E-state index in [0.717, 1.165) is 16.5 Å². The molecule has 100 valence electrons. The van der Waals surface area contributed by atoms with Crippen LogP contribution in [0.5, 0.6) is 0 Å². The Labute approximate surface area is 117 Å². The largest absolute Gasteiger partial charge is 0.346 e. The van der Waals surface area contributed by atoms with Gasteiger partial charge in [0.25, 0.3) is 0 Å². The van der Waals surface area contributed by atoms with Crippen LogP contribution in [0.2, 0.25) is 0 Å². The van der Waals surface area contributed by atoms with E-state index >= 15 is 0 Å². The fourth-order valence-electron chi connectivity index (χ4n) is 2.16. The van der Waals surface area contributed by atoms with Crippen LogP contribution in [0.3, 0.4) is 0 Å². The van der Waals surface area contributed by atoms with Crippen LogP contribution in [0, 0.1) is 0 Å². The smallest absolute Gasteiger partial charge is 0.223 e. The second-order valence-corrected chi connectivity index (χ2v) is 4.60. The first-order chi connectivity index (χ1) is 9.86. The number of benzene rings is 2. The maximum Gasteiger partial charge on any atom is 0.223 e. The van der Waals surface area contributed by atoms with Gasteiger partial charge in [-0.25, -0.2) is 9.97 Å². The summed E-state index contributed by atoms with van der Waals surface area (Å²) >= 11 is 0. The number of nitrogens with zero attached hydrogens (tertiary/aromatic N) is 2. The van der Waals surface area contributed by atoms with Crippen LogP contribution in [0.15, 0.2) is 60.8 Å².